The van der Waals surface area contributed by atoms with E-state index in [4.69, 9.17) is 20.3 Å². The molecule has 0 aliphatic carbocycles. The lowest BCUT2D eigenvalue weighted by Crippen LogP contribution is -2.53. The van der Waals surface area contributed by atoms with E-state index in [1.165, 1.54) is 19.2 Å². The average molecular weight is 391 g/mol. The van der Waals surface area contributed by atoms with Gasteiger partial charge in [-0.05, 0) is 44.5 Å². The minimum atomic E-state index is -0.551. The number of nitrogens with one attached hydrogen (secondary N) is 2. The van der Waals surface area contributed by atoms with Gasteiger partial charge in [0.25, 0.3) is 6.02 Å². The number of piperazine rings is 1. The van der Waals surface area contributed by atoms with E-state index < -0.39 is 5.82 Å². The van der Waals surface area contributed by atoms with Crippen molar-refractivity contribution in [1.29, 1.82) is 10.8 Å². The molecule has 2 saturated heterocycles. The maximum atomic E-state index is 14.2. The number of likely N-dealkylation sites (N-methyl/N-ethyl adjacent to an activating group) is 1. The molecule has 154 valence electrons. The summed E-state index contributed by atoms with van der Waals surface area (Å²) in [4.78, 5) is 6.71. The van der Waals surface area contributed by atoms with Crippen molar-refractivity contribution >= 4 is 11.9 Å². The standard InChI is InChI=1S/C20H30FN5O2/c1-14-12-17(21)16(13-18(14)27-3)19(22)28-20(23)26-6-4-15(5-7-26)25-10-8-24(2)9-11-25/h12-13,15,22-23H,4-11H2,1-3H3. The summed E-state index contributed by atoms with van der Waals surface area (Å²) in [6, 6.07) is 3.20. The largest absolute Gasteiger partial charge is 0.496 e. The summed E-state index contributed by atoms with van der Waals surface area (Å²) < 4.78 is 24.8. The zero-order valence-electron chi connectivity index (χ0n) is 16.9. The summed E-state index contributed by atoms with van der Waals surface area (Å²) in [6.45, 7) is 7.54. The average Bonchev–Trinajstić information content (AvgIpc) is 2.68. The molecule has 8 heteroatoms. The molecule has 1 aromatic carbocycles. The highest BCUT2D eigenvalue weighted by Crippen LogP contribution is 2.23. The second kappa shape index (κ2) is 8.87. The normalized spacial score (nSPS) is 19.5. The van der Waals surface area contributed by atoms with Gasteiger partial charge in [-0.1, -0.05) is 0 Å². The van der Waals surface area contributed by atoms with E-state index in [9.17, 15) is 4.39 Å². The van der Waals surface area contributed by atoms with Gasteiger partial charge in [-0.15, -0.1) is 0 Å². The molecule has 0 aromatic heterocycles. The minimum absolute atomic E-state index is 0.000442. The Bertz CT molecular complexity index is 726. The van der Waals surface area contributed by atoms with Crippen molar-refractivity contribution in [1.82, 2.24) is 14.7 Å². The van der Waals surface area contributed by atoms with Crippen LogP contribution >= 0.6 is 0 Å². The third kappa shape index (κ3) is 4.62. The molecule has 7 nitrogen and oxygen atoms in total. The summed E-state index contributed by atoms with van der Waals surface area (Å²) >= 11 is 0. The van der Waals surface area contributed by atoms with Gasteiger partial charge in [-0.25, -0.2) is 4.39 Å². The number of hydrogen-bond donors (Lipinski definition) is 2. The molecule has 2 heterocycles. The van der Waals surface area contributed by atoms with Crippen LogP contribution in [0.25, 0.3) is 0 Å². The number of halogens is 1. The van der Waals surface area contributed by atoms with Gasteiger partial charge in [-0.2, -0.15) is 0 Å². The van der Waals surface area contributed by atoms with Crippen LogP contribution in [0.1, 0.15) is 24.0 Å². The molecule has 0 bridgehead atoms. The van der Waals surface area contributed by atoms with Crippen LogP contribution in [-0.4, -0.2) is 86.1 Å². The monoisotopic (exact) mass is 391 g/mol. The van der Waals surface area contributed by atoms with Crippen LogP contribution in [0.2, 0.25) is 0 Å². The molecule has 0 atom stereocenters. The fraction of sp³-hybridized carbons (Fsp3) is 0.600. The molecule has 2 aliphatic heterocycles. The fourth-order valence-electron chi connectivity index (χ4n) is 3.88. The number of likely N-dealkylation sites (tertiary alicyclic amines) is 1. The smallest absolute Gasteiger partial charge is 0.291 e. The summed E-state index contributed by atoms with van der Waals surface area (Å²) in [5, 5.41) is 16.3. The number of benzene rings is 1. The molecule has 2 N–H and O–H groups in total. The van der Waals surface area contributed by atoms with Crippen LogP contribution in [0.4, 0.5) is 4.39 Å². The van der Waals surface area contributed by atoms with Crippen molar-refractivity contribution in [3.63, 3.8) is 0 Å². The first kappa shape index (κ1) is 20.5. The lowest BCUT2D eigenvalue weighted by molar-refractivity contribution is 0.0786. The van der Waals surface area contributed by atoms with Gasteiger partial charge in [0, 0.05) is 45.3 Å². The van der Waals surface area contributed by atoms with Crippen molar-refractivity contribution in [2.75, 3.05) is 53.4 Å². The van der Waals surface area contributed by atoms with Crippen LogP contribution in [0.3, 0.4) is 0 Å². The lowest BCUT2D eigenvalue weighted by atomic mass is 10.0. The predicted octanol–water partition coefficient (Wildman–Crippen LogP) is 2.13. The van der Waals surface area contributed by atoms with Crippen molar-refractivity contribution in [3.05, 3.63) is 29.1 Å². The van der Waals surface area contributed by atoms with Crippen LogP contribution < -0.4 is 4.74 Å². The van der Waals surface area contributed by atoms with Crippen LogP contribution in [0.15, 0.2) is 12.1 Å². The number of ether oxygens (including phenoxy) is 2. The Morgan fingerprint density at radius 3 is 2.32 bits per heavy atom. The van der Waals surface area contributed by atoms with Crippen molar-refractivity contribution < 1.29 is 13.9 Å². The number of hydrogen-bond acceptors (Lipinski definition) is 6. The van der Waals surface area contributed by atoms with Crippen molar-refractivity contribution in [2.45, 2.75) is 25.8 Å². The first-order valence-electron chi connectivity index (χ1n) is 9.76. The van der Waals surface area contributed by atoms with Crippen LogP contribution in [0, 0.1) is 23.6 Å². The first-order valence-corrected chi connectivity index (χ1v) is 9.76. The van der Waals surface area contributed by atoms with Gasteiger partial charge in [0.1, 0.15) is 11.6 Å². The van der Waals surface area contributed by atoms with Gasteiger partial charge in [0.05, 0.1) is 12.7 Å². The Morgan fingerprint density at radius 1 is 1.07 bits per heavy atom. The second-order valence-corrected chi connectivity index (χ2v) is 7.60. The van der Waals surface area contributed by atoms with Gasteiger partial charge in [-0.3, -0.25) is 15.7 Å². The molecule has 1 aromatic rings. The lowest BCUT2D eigenvalue weighted by Gasteiger charge is -2.42. The first-order chi connectivity index (χ1) is 13.4. The highest BCUT2D eigenvalue weighted by molar-refractivity contribution is 5.99. The molecule has 2 aliphatic rings. The molecule has 0 amide bonds. The summed E-state index contributed by atoms with van der Waals surface area (Å²) in [5.41, 5.74) is 0.650. The van der Waals surface area contributed by atoms with E-state index in [1.807, 2.05) is 4.90 Å². The zero-order valence-corrected chi connectivity index (χ0v) is 16.9. The minimum Gasteiger partial charge on any atom is -0.496 e. The number of nitrogens with zero attached hydrogens (tertiary/aromatic N) is 3. The molecular weight excluding hydrogens is 361 g/mol. The maximum absolute atomic E-state index is 14.2. The molecule has 28 heavy (non-hydrogen) atoms. The molecular formula is C20H30FN5O2. The number of methoxy groups -OCH3 is 1. The quantitative estimate of drug-likeness (QED) is 0.610. The number of aryl methyl sites for hydroxylation is 1. The summed E-state index contributed by atoms with van der Waals surface area (Å²) in [7, 11) is 3.65. The number of piperidine rings is 1. The molecule has 3 rings (SSSR count). The fourth-order valence-corrected chi connectivity index (χ4v) is 3.88. The molecule has 2 fully saturated rings. The van der Waals surface area contributed by atoms with Gasteiger partial charge in [0.2, 0.25) is 5.90 Å². The maximum Gasteiger partial charge on any atom is 0.291 e. The highest BCUT2D eigenvalue weighted by atomic mass is 19.1. The van der Waals surface area contributed by atoms with Crippen molar-refractivity contribution in [3.8, 4) is 5.75 Å². The van der Waals surface area contributed by atoms with E-state index in [2.05, 4.69) is 16.8 Å². The number of amidine groups is 1. The molecule has 0 spiro atoms. The third-order valence-electron chi connectivity index (χ3n) is 5.73. The molecule has 0 saturated carbocycles. The van der Waals surface area contributed by atoms with Crippen molar-refractivity contribution in [2.24, 2.45) is 0 Å². The van der Waals surface area contributed by atoms with Crippen LogP contribution in [-0.2, 0) is 4.74 Å². The second-order valence-electron chi connectivity index (χ2n) is 7.60. The van der Waals surface area contributed by atoms with E-state index in [0.717, 1.165) is 39.0 Å². The summed E-state index contributed by atoms with van der Waals surface area (Å²) in [6.07, 6.45) is 1.94. The van der Waals surface area contributed by atoms with Gasteiger partial charge in [0.15, 0.2) is 0 Å². The Hall–Kier alpha value is -2.19. The predicted molar refractivity (Wildman–Crippen MR) is 107 cm³/mol. The third-order valence-corrected chi connectivity index (χ3v) is 5.73. The Balaban J connectivity index is 1.54. The molecule has 0 unspecified atom stereocenters. The van der Waals surface area contributed by atoms with E-state index in [1.54, 1.807) is 6.92 Å². The highest BCUT2D eigenvalue weighted by Gasteiger charge is 2.28. The van der Waals surface area contributed by atoms with Gasteiger partial charge >= 0.3 is 0 Å². The zero-order chi connectivity index (χ0) is 20.3. The number of rotatable bonds is 3. The summed E-state index contributed by atoms with van der Waals surface area (Å²) in [5.74, 6) is -0.434. The molecule has 0 radical (unpaired) electrons. The van der Waals surface area contributed by atoms with E-state index in [-0.39, 0.29) is 17.5 Å². The van der Waals surface area contributed by atoms with E-state index in [0.29, 0.717) is 30.4 Å². The van der Waals surface area contributed by atoms with Crippen LogP contribution in [0.5, 0.6) is 5.75 Å². The van der Waals surface area contributed by atoms with Gasteiger partial charge < -0.3 is 19.3 Å². The van der Waals surface area contributed by atoms with E-state index >= 15 is 0 Å². The Labute approximate surface area is 166 Å². The Kier molecular flexibility index (Phi) is 6.51. The Morgan fingerprint density at radius 2 is 1.71 bits per heavy atom. The SMILES string of the molecule is COc1cc(C(=N)OC(=N)N2CCC(N3CCN(C)CC3)CC2)c(F)cc1C. The topological polar surface area (TPSA) is 75.9 Å².